The van der Waals surface area contributed by atoms with Gasteiger partial charge in [-0.3, -0.25) is 0 Å². The van der Waals surface area contributed by atoms with Gasteiger partial charge in [0.15, 0.2) is 9.84 Å². The average Bonchev–Trinajstić information content (AvgIpc) is 2.54. The molecule has 0 fully saturated rings. The van der Waals surface area contributed by atoms with Crippen LogP contribution in [0.15, 0.2) is 60.0 Å². The molecule has 0 saturated heterocycles. The molecule has 0 amide bonds. The molecule has 0 N–H and O–H groups in total. The minimum absolute atomic E-state index is 0.0510. The van der Waals surface area contributed by atoms with Crippen molar-refractivity contribution in [3.8, 4) is 0 Å². The molecule has 3 heteroatoms. The Kier molecular flexibility index (Phi) is 1.94. The number of hydrogen-bond acceptors (Lipinski definition) is 2. The zero-order chi connectivity index (χ0) is 14.2. The monoisotopic (exact) mass is 294 g/mol. The summed E-state index contributed by atoms with van der Waals surface area (Å²) in [4.78, 5) is 0. The fraction of sp³-hybridized carbons (Fsp3) is 0.222. The van der Waals surface area contributed by atoms with E-state index in [1.165, 1.54) is 27.7 Å². The summed E-state index contributed by atoms with van der Waals surface area (Å²) < 4.78 is 24.3. The Balaban J connectivity index is 1.90. The van der Waals surface area contributed by atoms with Crippen LogP contribution in [0.25, 0.3) is 0 Å². The quantitative estimate of drug-likeness (QED) is 0.746. The van der Waals surface area contributed by atoms with Crippen molar-refractivity contribution < 1.29 is 8.42 Å². The van der Waals surface area contributed by atoms with E-state index in [4.69, 9.17) is 0 Å². The zero-order valence-electron chi connectivity index (χ0n) is 11.4. The minimum atomic E-state index is -3.14. The van der Waals surface area contributed by atoms with Gasteiger partial charge >= 0.3 is 0 Å². The summed E-state index contributed by atoms with van der Waals surface area (Å²) in [5, 5.41) is 1.39. The van der Waals surface area contributed by atoms with Crippen molar-refractivity contribution in [1.29, 1.82) is 0 Å². The first-order valence-corrected chi connectivity index (χ1v) is 8.80. The van der Waals surface area contributed by atoms with Gasteiger partial charge in [0, 0.05) is 17.2 Å². The molecule has 2 nitrogen and oxygen atoms in total. The van der Waals surface area contributed by atoms with Gasteiger partial charge in [-0.15, -0.1) is 0 Å². The van der Waals surface area contributed by atoms with Crippen molar-refractivity contribution in [3.63, 3.8) is 0 Å². The average molecular weight is 294 g/mol. The highest BCUT2D eigenvalue weighted by Gasteiger charge is 2.60. The van der Waals surface area contributed by atoms with Crippen LogP contribution >= 0.6 is 0 Å². The summed E-state index contributed by atoms with van der Waals surface area (Å²) in [5.41, 5.74) is 5.01. The third-order valence-corrected chi connectivity index (χ3v) is 7.53. The van der Waals surface area contributed by atoms with Crippen molar-refractivity contribution in [1.82, 2.24) is 0 Å². The third kappa shape index (κ3) is 1.18. The molecular weight excluding hydrogens is 280 g/mol. The van der Waals surface area contributed by atoms with Crippen molar-refractivity contribution in [3.05, 3.63) is 82.3 Å². The van der Waals surface area contributed by atoms with Gasteiger partial charge in [0.1, 0.15) is 4.75 Å². The molecular formula is C18H14O2S. The van der Waals surface area contributed by atoms with E-state index in [1.54, 1.807) is 0 Å². The van der Waals surface area contributed by atoms with Gasteiger partial charge in [-0.25, -0.2) is 8.42 Å². The first kappa shape index (κ1) is 11.8. The summed E-state index contributed by atoms with van der Waals surface area (Å²) >= 11 is 0. The lowest BCUT2D eigenvalue weighted by molar-refractivity contribution is 0.421. The van der Waals surface area contributed by atoms with E-state index in [2.05, 4.69) is 36.4 Å². The van der Waals surface area contributed by atoms with Gasteiger partial charge in [-0.05, 0) is 28.7 Å². The minimum Gasteiger partial charge on any atom is -0.223 e. The van der Waals surface area contributed by atoms with E-state index in [1.807, 2.05) is 18.2 Å². The lowest BCUT2D eigenvalue weighted by Crippen LogP contribution is -2.54. The lowest BCUT2D eigenvalue weighted by Gasteiger charge is -2.53. The Hall–Kier alpha value is -1.87. The van der Waals surface area contributed by atoms with E-state index in [9.17, 15) is 8.42 Å². The smallest absolute Gasteiger partial charge is 0.181 e. The second-order valence-electron chi connectivity index (χ2n) is 6.25. The fourth-order valence-corrected chi connectivity index (χ4v) is 6.19. The summed E-state index contributed by atoms with van der Waals surface area (Å²) in [6.07, 6.45) is 2.61. The largest absolute Gasteiger partial charge is 0.223 e. The van der Waals surface area contributed by atoms with Crippen molar-refractivity contribution >= 4 is 9.84 Å². The van der Waals surface area contributed by atoms with E-state index in [-0.39, 0.29) is 11.8 Å². The first-order valence-electron chi connectivity index (χ1n) is 7.26. The molecule has 2 aromatic rings. The van der Waals surface area contributed by atoms with Crippen LogP contribution in [-0.2, 0) is 9.84 Å². The van der Waals surface area contributed by atoms with Crippen LogP contribution in [0.4, 0.5) is 0 Å². The van der Waals surface area contributed by atoms with E-state index in [0.717, 1.165) is 0 Å². The summed E-state index contributed by atoms with van der Waals surface area (Å²) in [5.74, 6) is 0.145. The number of rotatable bonds is 0. The zero-order valence-corrected chi connectivity index (χ0v) is 12.2. The van der Waals surface area contributed by atoms with Gasteiger partial charge in [0.25, 0.3) is 0 Å². The second-order valence-corrected chi connectivity index (χ2v) is 8.37. The van der Waals surface area contributed by atoms with E-state index >= 15 is 0 Å². The van der Waals surface area contributed by atoms with Crippen LogP contribution in [0.5, 0.6) is 0 Å². The molecule has 4 aliphatic rings. The Bertz CT molecular complexity index is 863. The highest BCUT2D eigenvalue weighted by atomic mass is 32.2. The van der Waals surface area contributed by atoms with Gasteiger partial charge in [0.2, 0.25) is 0 Å². The van der Waals surface area contributed by atoms with Crippen LogP contribution < -0.4 is 0 Å². The van der Waals surface area contributed by atoms with E-state index < -0.39 is 14.6 Å². The molecule has 0 saturated carbocycles. The van der Waals surface area contributed by atoms with Gasteiger partial charge in [-0.1, -0.05) is 54.6 Å². The van der Waals surface area contributed by atoms with Crippen LogP contribution in [0.2, 0.25) is 0 Å². The highest BCUT2D eigenvalue weighted by Crippen LogP contribution is 2.62. The van der Waals surface area contributed by atoms with Gasteiger partial charge in [0.05, 0.1) is 0 Å². The van der Waals surface area contributed by atoms with Crippen LogP contribution in [0, 0.1) is 0 Å². The molecule has 2 aromatic carbocycles. The van der Waals surface area contributed by atoms with Crippen LogP contribution in [0.1, 0.15) is 40.5 Å². The van der Waals surface area contributed by atoms with Crippen molar-refractivity contribution in [2.24, 2.45) is 0 Å². The van der Waals surface area contributed by atoms with Gasteiger partial charge in [-0.2, -0.15) is 0 Å². The topological polar surface area (TPSA) is 34.1 Å². The molecule has 0 unspecified atom stereocenters. The maximum Gasteiger partial charge on any atom is 0.181 e. The highest BCUT2D eigenvalue weighted by molar-refractivity contribution is 7.97. The molecule has 1 spiro atoms. The fourth-order valence-electron chi connectivity index (χ4n) is 4.50. The number of benzene rings is 2. The Morgan fingerprint density at radius 1 is 0.857 bits per heavy atom. The molecule has 1 aliphatic heterocycles. The van der Waals surface area contributed by atoms with Crippen molar-refractivity contribution in [2.45, 2.75) is 23.0 Å². The summed E-state index contributed by atoms with van der Waals surface area (Å²) in [7, 11) is -3.14. The molecule has 1 atom stereocenters. The number of sulfone groups is 1. The van der Waals surface area contributed by atoms with Crippen LogP contribution in [-0.4, -0.2) is 13.2 Å². The SMILES string of the molecule is O=S1(=O)C=C[C@@]12CC1c3ccccc3C2c2ccccc21. The molecule has 0 radical (unpaired) electrons. The molecule has 2 bridgehead atoms. The van der Waals surface area contributed by atoms with E-state index in [0.29, 0.717) is 6.42 Å². The molecule has 3 aliphatic carbocycles. The molecule has 104 valence electrons. The maximum atomic E-state index is 12.5. The molecule has 6 rings (SSSR count). The lowest BCUT2D eigenvalue weighted by atomic mass is 9.58. The van der Waals surface area contributed by atoms with Gasteiger partial charge < -0.3 is 0 Å². The second kappa shape index (κ2) is 3.47. The third-order valence-electron chi connectivity index (χ3n) is 5.44. The predicted molar refractivity (Wildman–Crippen MR) is 82.0 cm³/mol. The Morgan fingerprint density at radius 2 is 1.38 bits per heavy atom. The molecule has 1 heterocycles. The van der Waals surface area contributed by atoms with Crippen molar-refractivity contribution in [2.75, 3.05) is 0 Å². The molecule has 21 heavy (non-hydrogen) atoms. The maximum absolute atomic E-state index is 12.5. The first-order chi connectivity index (χ1) is 10.1. The molecule has 0 aromatic heterocycles. The number of hydrogen-bond donors (Lipinski definition) is 0. The summed E-state index contributed by atoms with van der Waals surface area (Å²) in [6, 6.07) is 16.7. The Morgan fingerprint density at radius 3 is 1.81 bits per heavy atom. The predicted octanol–water partition coefficient (Wildman–Crippen LogP) is 3.35. The normalized spacial score (nSPS) is 33.3. The summed E-state index contributed by atoms with van der Waals surface area (Å²) in [6.45, 7) is 0. The standard InChI is InChI=1S/C18H14O2S/c19-21(20)10-9-18(21)11-16-12-5-1-3-7-14(12)17(18)15-8-4-2-6-13(15)16/h1-10,16-17H,11H2/t16?,17?,18-/m0/s1. The van der Waals surface area contributed by atoms with Crippen LogP contribution in [0.3, 0.4) is 0 Å². The Labute approximate surface area is 124 Å².